The van der Waals surface area contributed by atoms with Gasteiger partial charge in [-0.25, -0.2) is 0 Å². The molecule has 0 bridgehead atoms. The Kier molecular flexibility index (Phi) is 3.50. The van der Waals surface area contributed by atoms with Crippen LogP contribution in [0.15, 0.2) is 18.2 Å². The molecule has 2 fully saturated rings. The van der Waals surface area contributed by atoms with Crippen LogP contribution in [0.2, 0.25) is 0 Å². The first-order valence-electron chi connectivity index (χ1n) is 7.21. The van der Waals surface area contributed by atoms with Crippen molar-refractivity contribution in [2.24, 2.45) is 11.8 Å². The highest BCUT2D eigenvalue weighted by Crippen LogP contribution is 2.39. The highest BCUT2D eigenvalue weighted by atomic mass is 16.5. The maximum absolute atomic E-state index is 9.98. The number of fused-ring (bicyclic) bond motifs is 1. The molecule has 3 unspecified atom stereocenters. The third-order valence-corrected chi connectivity index (χ3v) is 4.72. The molecular formula is C16H23NO2. The monoisotopic (exact) mass is 261 g/mol. The molecule has 0 amide bonds. The maximum Gasteiger partial charge on any atom is 0.123 e. The lowest BCUT2D eigenvalue weighted by Crippen LogP contribution is -2.24. The van der Waals surface area contributed by atoms with Crippen LogP contribution >= 0.6 is 0 Å². The molecule has 1 aromatic rings. The number of ether oxygens (including phenoxy) is 1. The van der Waals surface area contributed by atoms with Gasteiger partial charge in [-0.1, -0.05) is 17.7 Å². The summed E-state index contributed by atoms with van der Waals surface area (Å²) in [6.07, 6.45) is 2.11. The molecule has 0 aromatic heterocycles. The predicted octanol–water partition coefficient (Wildman–Crippen LogP) is 2.21. The Morgan fingerprint density at radius 1 is 1.32 bits per heavy atom. The van der Waals surface area contributed by atoms with Crippen molar-refractivity contribution in [3.8, 4) is 5.75 Å². The Bertz CT molecular complexity index is 460. The van der Waals surface area contributed by atoms with E-state index in [0.29, 0.717) is 11.8 Å². The zero-order valence-electron chi connectivity index (χ0n) is 11.8. The number of aryl methyl sites for hydroxylation is 1. The Morgan fingerprint density at radius 3 is 2.89 bits per heavy atom. The fraction of sp³-hybridized carbons (Fsp3) is 0.625. The Morgan fingerprint density at radius 2 is 2.16 bits per heavy atom. The van der Waals surface area contributed by atoms with E-state index in [1.165, 1.54) is 17.5 Å². The molecule has 3 heteroatoms. The number of likely N-dealkylation sites (tertiary alicyclic amines) is 1. The second-order valence-electron chi connectivity index (χ2n) is 6.08. The van der Waals surface area contributed by atoms with Crippen LogP contribution in [0.5, 0.6) is 5.75 Å². The van der Waals surface area contributed by atoms with E-state index >= 15 is 0 Å². The van der Waals surface area contributed by atoms with Crippen molar-refractivity contribution in [3.63, 3.8) is 0 Å². The Balaban J connectivity index is 1.71. The average Bonchev–Trinajstić information content (AvgIpc) is 2.92. The van der Waals surface area contributed by atoms with Crippen LogP contribution in [-0.4, -0.2) is 36.3 Å². The molecule has 1 heterocycles. The van der Waals surface area contributed by atoms with Crippen LogP contribution in [0.4, 0.5) is 0 Å². The van der Waals surface area contributed by atoms with E-state index in [9.17, 15) is 5.11 Å². The maximum atomic E-state index is 9.98. The van der Waals surface area contributed by atoms with Crippen molar-refractivity contribution in [2.45, 2.75) is 32.4 Å². The summed E-state index contributed by atoms with van der Waals surface area (Å²) in [5.41, 5.74) is 2.53. The van der Waals surface area contributed by atoms with Crippen molar-refractivity contribution >= 4 is 0 Å². The van der Waals surface area contributed by atoms with E-state index < -0.39 is 0 Å². The summed E-state index contributed by atoms with van der Waals surface area (Å²) in [5, 5.41) is 9.98. The van der Waals surface area contributed by atoms with Gasteiger partial charge in [0, 0.05) is 31.1 Å². The summed E-state index contributed by atoms with van der Waals surface area (Å²) in [5.74, 6) is 2.17. The molecule has 1 aromatic carbocycles. The molecule has 1 saturated heterocycles. The number of methoxy groups -OCH3 is 1. The molecule has 1 aliphatic carbocycles. The third kappa shape index (κ3) is 2.49. The SMILES string of the molecule is COc1ccc(C)cc1CN1CC2CCC(O)C2C1. The topological polar surface area (TPSA) is 32.7 Å². The van der Waals surface area contributed by atoms with Gasteiger partial charge in [0.1, 0.15) is 5.75 Å². The molecule has 1 saturated carbocycles. The predicted molar refractivity (Wildman–Crippen MR) is 75.2 cm³/mol. The number of hydrogen-bond donors (Lipinski definition) is 1. The van der Waals surface area contributed by atoms with Gasteiger partial charge in [0.05, 0.1) is 13.2 Å². The van der Waals surface area contributed by atoms with E-state index in [2.05, 4.69) is 30.0 Å². The lowest BCUT2D eigenvalue weighted by Gasteiger charge is -2.19. The summed E-state index contributed by atoms with van der Waals surface area (Å²) in [6, 6.07) is 6.35. The van der Waals surface area contributed by atoms with Gasteiger partial charge in [-0.05, 0) is 31.7 Å². The molecule has 1 aliphatic heterocycles. The van der Waals surface area contributed by atoms with Crippen molar-refractivity contribution in [2.75, 3.05) is 20.2 Å². The summed E-state index contributed by atoms with van der Waals surface area (Å²) in [7, 11) is 1.73. The van der Waals surface area contributed by atoms with Gasteiger partial charge in [0.15, 0.2) is 0 Å². The average molecular weight is 261 g/mol. The van der Waals surface area contributed by atoms with Gasteiger partial charge in [-0.3, -0.25) is 4.90 Å². The van der Waals surface area contributed by atoms with Gasteiger partial charge in [-0.2, -0.15) is 0 Å². The number of nitrogens with zero attached hydrogens (tertiary/aromatic N) is 1. The van der Waals surface area contributed by atoms with Crippen molar-refractivity contribution in [1.82, 2.24) is 4.90 Å². The molecule has 1 N–H and O–H groups in total. The first-order chi connectivity index (χ1) is 9.17. The smallest absolute Gasteiger partial charge is 0.123 e. The summed E-state index contributed by atoms with van der Waals surface area (Å²) in [6.45, 7) is 5.21. The van der Waals surface area contributed by atoms with Crippen LogP contribution in [0, 0.1) is 18.8 Å². The third-order valence-electron chi connectivity index (χ3n) is 4.72. The minimum absolute atomic E-state index is 0.0746. The zero-order chi connectivity index (χ0) is 13.4. The van der Waals surface area contributed by atoms with E-state index in [0.717, 1.165) is 31.8 Å². The normalized spacial score (nSPS) is 30.6. The van der Waals surface area contributed by atoms with Gasteiger partial charge in [0.2, 0.25) is 0 Å². The molecule has 0 radical (unpaired) electrons. The molecule has 3 nitrogen and oxygen atoms in total. The Labute approximate surface area is 115 Å². The minimum Gasteiger partial charge on any atom is -0.496 e. The zero-order valence-corrected chi connectivity index (χ0v) is 11.8. The van der Waals surface area contributed by atoms with E-state index in [-0.39, 0.29) is 6.10 Å². The number of benzene rings is 1. The highest BCUT2D eigenvalue weighted by Gasteiger charge is 2.41. The van der Waals surface area contributed by atoms with Gasteiger partial charge >= 0.3 is 0 Å². The van der Waals surface area contributed by atoms with E-state index in [1.807, 2.05) is 0 Å². The standard InChI is InChI=1S/C16H23NO2/c1-11-3-6-16(19-2)13(7-11)9-17-8-12-4-5-15(18)14(12)10-17/h3,6-7,12,14-15,18H,4-5,8-10H2,1-2H3. The minimum atomic E-state index is -0.0746. The van der Waals surface area contributed by atoms with Crippen LogP contribution in [0.3, 0.4) is 0 Å². The lowest BCUT2D eigenvalue weighted by atomic mass is 10.00. The largest absolute Gasteiger partial charge is 0.496 e. The number of aliphatic hydroxyl groups excluding tert-OH is 1. The summed E-state index contributed by atoms with van der Waals surface area (Å²) < 4.78 is 5.45. The highest BCUT2D eigenvalue weighted by molar-refractivity contribution is 5.36. The molecule has 19 heavy (non-hydrogen) atoms. The van der Waals surface area contributed by atoms with Crippen LogP contribution in [0.25, 0.3) is 0 Å². The fourth-order valence-electron chi connectivity index (χ4n) is 3.73. The second kappa shape index (κ2) is 5.14. The lowest BCUT2D eigenvalue weighted by molar-refractivity contribution is 0.123. The van der Waals surface area contributed by atoms with Crippen LogP contribution < -0.4 is 4.74 Å². The second-order valence-corrected chi connectivity index (χ2v) is 6.08. The quantitative estimate of drug-likeness (QED) is 0.905. The van der Waals surface area contributed by atoms with Gasteiger partial charge in [0.25, 0.3) is 0 Å². The van der Waals surface area contributed by atoms with Crippen LogP contribution in [0.1, 0.15) is 24.0 Å². The van der Waals surface area contributed by atoms with Crippen molar-refractivity contribution < 1.29 is 9.84 Å². The molecule has 104 valence electrons. The molecule has 3 atom stereocenters. The first kappa shape index (κ1) is 12.9. The number of aliphatic hydroxyl groups is 1. The van der Waals surface area contributed by atoms with Crippen molar-refractivity contribution in [1.29, 1.82) is 0 Å². The number of hydrogen-bond acceptors (Lipinski definition) is 3. The molecule has 2 aliphatic rings. The molecule has 3 rings (SSSR count). The van der Waals surface area contributed by atoms with E-state index in [4.69, 9.17) is 4.74 Å². The first-order valence-corrected chi connectivity index (χ1v) is 7.21. The number of rotatable bonds is 3. The molecular weight excluding hydrogens is 238 g/mol. The van der Waals surface area contributed by atoms with Gasteiger partial charge < -0.3 is 9.84 Å². The van der Waals surface area contributed by atoms with E-state index in [1.54, 1.807) is 7.11 Å². The fourth-order valence-corrected chi connectivity index (χ4v) is 3.73. The summed E-state index contributed by atoms with van der Waals surface area (Å²) >= 11 is 0. The van der Waals surface area contributed by atoms with Gasteiger partial charge in [-0.15, -0.1) is 0 Å². The molecule has 0 spiro atoms. The van der Waals surface area contributed by atoms with Crippen molar-refractivity contribution in [3.05, 3.63) is 29.3 Å². The Hall–Kier alpha value is -1.06. The summed E-state index contributed by atoms with van der Waals surface area (Å²) in [4.78, 5) is 2.47. The van der Waals surface area contributed by atoms with Crippen LogP contribution in [-0.2, 0) is 6.54 Å².